The summed E-state index contributed by atoms with van der Waals surface area (Å²) in [6.07, 6.45) is 5.34. The second-order valence-corrected chi connectivity index (χ2v) is 7.89. The van der Waals surface area contributed by atoms with E-state index in [4.69, 9.17) is 5.26 Å². The summed E-state index contributed by atoms with van der Waals surface area (Å²) in [5.41, 5.74) is 1.32. The molecule has 1 amide bonds. The number of hydrogen-bond donors (Lipinski definition) is 2. The molecule has 5 heteroatoms. The number of carbonyl (C=O) groups excluding carboxylic acids is 1. The number of nitrogens with one attached hydrogen (secondary N) is 1. The normalized spacial score (nSPS) is 30.6. The number of hydrogen-bond acceptors (Lipinski definition) is 4. The van der Waals surface area contributed by atoms with Crippen LogP contribution in [-0.4, -0.2) is 35.0 Å². The smallest absolute Gasteiger partial charge is 0.225 e. The lowest BCUT2D eigenvalue weighted by molar-refractivity contribution is -0.136. The van der Waals surface area contributed by atoms with E-state index in [0.717, 1.165) is 56.2 Å². The molecule has 5 nitrogen and oxygen atoms in total. The Kier molecular flexibility index (Phi) is 4.39. The number of aromatic hydroxyl groups is 1. The quantitative estimate of drug-likeness (QED) is 0.883. The molecular formula is C20H25N3O2. The lowest BCUT2D eigenvalue weighted by Crippen LogP contribution is -2.40. The van der Waals surface area contributed by atoms with Crippen LogP contribution in [0.25, 0.3) is 0 Å². The molecule has 3 fully saturated rings. The Bertz CT molecular complexity index is 693. The van der Waals surface area contributed by atoms with E-state index in [1.807, 2.05) is 12.1 Å². The predicted molar refractivity (Wildman–Crippen MR) is 93.6 cm³/mol. The van der Waals surface area contributed by atoms with Crippen LogP contribution in [0.1, 0.15) is 43.2 Å². The molecule has 0 spiro atoms. The van der Waals surface area contributed by atoms with Crippen LogP contribution in [0.2, 0.25) is 0 Å². The zero-order valence-electron chi connectivity index (χ0n) is 14.4. The minimum absolute atomic E-state index is 0.0322. The van der Waals surface area contributed by atoms with Gasteiger partial charge in [-0.15, -0.1) is 0 Å². The largest absolute Gasteiger partial charge is 0.507 e. The maximum atomic E-state index is 12.6. The van der Waals surface area contributed by atoms with Gasteiger partial charge in [0.05, 0.1) is 5.56 Å². The molecule has 2 atom stereocenters. The number of rotatable bonds is 4. The van der Waals surface area contributed by atoms with Crippen molar-refractivity contribution in [2.45, 2.75) is 44.7 Å². The van der Waals surface area contributed by atoms with Gasteiger partial charge in [0.1, 0.15) is 11.8 Å². The summed E-state index contributed by atoms with van der Waals surface area (Å²) >= 11 is 0. The minimum atomic E-state index is 0.0322. The number of amides is 1. The number of benzene rings is 1. The summed E-state index contributed by atoms with van der Waals surface area (Å²) in [7, 11) is 0. The standard InChI is InChI=1S/C20H25N3O2/c21-9-15-7-13(1-6-19(15)24)10-22-18-4-2-14(3-5-18)20(25)23-11-16-8-17(16)12-23/h1,6-7,14,16-18,22,24H,2-5,8,10-12H2. The molecule has 132 valence electrons. The van der Waals surface area contributed by atoms with Gasteiger partial charge in [-0.3, -0.25) is 4.79 Å². The van der Waals surface area contributed by atoms with Crippen LogP contribution in [0.4, 0.5) is 0 Å². The molecule has 0 aromatic heterocycles. The van der Waals surface area contributed by atoms with Crippen LogP contribution < -0.4 is 5.32 Å². The van der Waals surface area contributed by atoms with E-state index in [1.54, 1.807) is 12.1 Å². The molecule has 2 saturated carbocycles. The van der Waals surface area contributed by atoms with Gasteiger partial charge in [0, 0.05) is 31.6 Å². The van der Waals surface area contributed by atoms with Crippen molar-refractivity contribution in [3.8, 4) is 11.8 Å². The maximum absolute atomic E-state index is 12.6. The van der Waals surface area contributed by atoms with Crippen molar-refractivity contribution >= 4 is 5.91 Å². The number of nitrogens with zero attached hydrogens (tertiary/aromatic N) is 2. The van der Waals surface area contributed by atoms with Crippen LogP contribution in [0.15, 0.2) is 18.2 Å². The summed E-state index contributed by atoms with van der Waals surface area (Å²) in [6, 6.07) is 7.58. The number of fused-ring (bicyclic) bond motifs is 1. The third-order valence-electron chi connectivity index (χ3n) is 6.14. The SMILES string of the molecule is N#Cc1cc(CNC2CCC(C(=O)N3CC4CC4C3)CC2)ccc1O. The Morgan fingerprint density at radius 2 is 1.96 bits per heavy atom. The summed E-state index contributed by atoms with van der Waals surface area (Å²) in [5, 5.41) is 22.1. The van der Waals surface area contributed by atoms with E-state index < -0.39 is 0 Å². The highest BCUT2D eigenvalue weighted by atomic mass is 16.3. The highest BCUT2D eigenvalue weighted by Crippen LogP contribution is 2.45. The van der Waals surface area contributed by atoms with Crippen LogP contribution in [-0.2, 0) is 11.3 Å². The van der Waals surface area contributed by atoms with Gasteiger partial charge in [0.25, 0.3) is 0 Å². The van der Waals surface area contributed by atoms with Gasteiger partial charge in [0.15, 0.2) is 0 Å². The van der Waals surface area contributed by atoms with Crippen molar-refractivity contribution < 1.29 is 9.90 Å². The first-order valence-electron chi connectivity index (χ1n) is 9.38. The molecule has 25 heavy (non-hydrogen) atoms. The van der Waals surface area contributed by atoms with E-state index >= 15 is 0 Å². The average Bonchev–Trinajstić information content (AvgIpc) is 3.26. The summed E-state index contributed by atoms with van der Waals surface area (Å²) in [5.74, 6) is 2.26. The molecule has 0 bridgehead atoms. The van der Waals surface area contributed by atoms with E-state index in [2.05, 4.69) is 10.2 Å². The van der Waals surface area contributed by atoms with Crippen molar-refractivity contribution in [3.63, 3.8) is 0 Å². The number of piperidine rings is 1. The minimum Gasteiger partial charge on any atom is -0.507 e. The fourth-order valence-electron chi connectivity index (χ4n) is 4.43. The first-order chi connectivity index (χ1) is 12.1. The molecule has 2 aliphatic carbocycles. The lowest BCUT2D eigenvalue weighted by Gasteiger charge is -2.31. The first kappa shape index (κ1) is 16.4. The van der Waals surface area contributed by atoms with E-state index in [-0.39, 0.29) is 11.7 Å². The number of phenols is 1. The second-order valence-electron chi connectivity index (χ2n) is 7.89. The van der Waals surface area contributed by atoms with Gasteiger partial charge in [-0.2, -0.15) is 5.26 Å². The highest BCUT2D eigenvalue weighted by molar-refractivity contribution is 5.79. The van der Waals surface area contributed by atoms with Crippen molar-refractivity contribution in [2.75, 3.05) is 13.1 Å². The van der Waals surface area contributed by atoms with Gasteiger partial charge in [-0.1, -0.05) is 6.07 Å². The van der Waals surface area contributed by atoms with Crippen molar-refractivity contribution in [2.24, 2.45) is 17.8 Å². The van der Waals surface area contributed by atoms with Crippen molar-refractivity contribution in [1.29, 1.82) is 5.26 Å². The molecule has 1 heterocycles. The Labute approximate surface area is 148 Å². The molecule has 1 aromatic rings. The summed E-state index contributed by atoms with van der Waals surface area (Å²) in [4.78, 5) is 14.7. The molecule has 3 aliphatic rings. The highest BCUT2D eigenvalue weighted by Gasteiger charge is 2.47. The first-order valence-corrected chi connectivity index (χ1v) is 9.38. The van der Waals surface area contributed by atoms with Crippen LogP contribution in [0, 0.1) is 29.1 Å². The van der Waals surface area contributed by atoms with Gasteiger partial charge < -0.3 is 15.3 Å². The molecule has 1 aromatic carbocycles. The molecule has 0 radical (unpaired) electrons. The summed E-state index contributed by atoms with van der Waals surface area (Å²) in [6.45, 7) is 2.70. The van der Waals surface area contributed by atoms with Crippen LogP contribution in [0.3, 0.4) is 0 Å². The zero-order valence-corrected chi connectivity index (χ0v) is 14.4. The topological polar surface area (TPSA) is 76.4 Å². The Morgan fingerprint density at radius 3 is 2.64 bits per heavy atom. The third kappa shape index (κ3) is 3.50. The van der Waals surface area contributed by atoms with E-state index in [1.165, 1.54) is 6.42 Å². The Hall–Kier alpha value is -2.06. The number of nitriles is 1. The number of carbonyl (C=O) groups is 1. The summed E-state index contributed by atoms with van der Waals surface area (Å²) < 4.78 is 0. The number of likely N-dealkylation sites (tertiary alicyclic amines) is 1. The van der Waals surface area contributed by atoms with Gasteiger partial charge in [0.2, 0.25) is 5.91 Å². The molecule has 4 rings (SSSR count). The molecular weight excluding hydrogens is 314 g/mol. The van der Waals surface area contributed by atoms with E-state index in [0.29, 0.717) is 24.1 Å². The maximum Gasteiger partial charge on any atom is 0.225 e. The van der Waals surface area contributed by atoms with Gasteiger partial charge >= 0.3 is 0 Å². The fraction of sp³-hybridized carbons (Fsp3) is 0.600. The van der Waals surface area contributed by atoms with Crippen LogP contribution in [0.5, 0.6) is 5.75 Å². The predicted octanol–water partition coefficient (Wildman–Crippen LogP) is 2.39. The zero-order chi connectivity index (χ0) is 17.4. The Morgan fingerprint density at radius 1 is 1.24 bits per heavy atom. The molecule has 2 N–H and O–H groups in total. The van der Waals surface area contributed by atoms with Crippen LogP contribution >= 0.6 is 0 Å². The van der Waals surface area contributed by atoms with Crippen molar-refractivity contribution in [1.82, 2.24) is 10.2 Å². The fourth-order valence-corrected chi connectivity index (χ4v) is 4.43. The van der Waals surface area contributed by atoms with Gasteiger partial charge in [-0.25, -0.2) is 0 Å². The Balaban J connectivity index is 1.23. The van der Waals surface area contributed by atoms with Crippen molar-refractivity contribution in [3.05, 3.63) is 29.3 Å². The molecule has 1 saturated heterocycles. The average molecular weight is 339 g/mol. The second kappa shape index (κ2) is 6.68. The number of phenolic OH excluding ortho intramolecular Hbond substituents is 1. The third-order valence-corrected chi connectivity index (χ3v) is 6.14. The van der Waals surface area contributed by atoms with E-state index in [9.17, 15) is 9.90 Å². The molecule has 1 aliphatic heterocycles. The lowest BCUT2D eigenvalue weighted by atomic mass is 9.85. The van der Waals surface area contributed by atoms with Gasteiger partial charge in [-0.05, 0) is 61.6 Å². The monoisotopic (exact) mass is 339 g/mol. The molecule has 2 unspecified atom stereocenters.